The number of likely N-dealkylation sites (tertiary alicyclic amines) is 2. The Kier molecular flexibility index (Phi) is 11.7. The lowest BCUT2D eigenvalue weighted by molar-refractivity contribution is -0.136. The molecule has 8 rings (SSSR count). The summed E-state index contributed by atoms with van der Waals surface area (Å²) in [6.07, 6.45) is 1.05. The number of carbonyl (C=O) groups excluding carboxylic acids is 4. The fourth-order valence-corrected chi connectivity index (χ4v) is 9.29. The highest BCUT2D eigenvalue weighted by atomic mass is 16.5. The first-order valence-electron chi connectivity index (χ1n) is 21.1. The van der Waals surface area contributed by atoms with Gasteiger partial charge in [-0.15, -0.1) is 0 Å². The Hall–Kier alpha value is -6.09. The molecule has 0 radical (unpaired) electrons. The fraction of sp³-hybridized carbons (Fsp3) is 0.457. The largest absolute Gasteiger partial charge is 0.486 e. The molecule has 2 fully saturated rings. The van der Waals surface area contributed by atoms with E-state index in [1.54, 1.807) is 7.11 Å². The number of aromatic nitrogens is 3. The predicted octanol–water partition coefficient (Wildman–Crippen LogP) is 7.23. The van der Waals surface area contributed by atoms with Crippen LogP contribution in [0.3, 0.4) is 0 Å². The summed E-state index contributed by atoms with van der Waals surface area (Å²) in [4.78, 5) is 67.9. The second kappa shape index (κ2) is 17.1. The first kappa shape index (κ1) is 41.6. The van der Waals surface area contributed by atoms with Crippen molar-refractivity contribution in [2.75, 3.05) is 41.0 Å². The molecule has 15 nitrogen and oxygen atoms in total. The molecule has 2 saturated heterocycles. The molecule has 3 aromatic carbocycles. The van der Waals surface area contributed by atoms with Crippen molar-refractivity contribution in [2.45, 2.75) is 77.7 Å². The number of nitrogens with zero attached hydrogens (tertiary/aromatic N) is 3. The second-order valence-electron chi connectivity index (χ2n) is 17.1. The number of hydrogen-bond donors (Lipinski definition) is 4. The molecular weight excluding hydrogens is 779 g/mol. The molecule has 4 amide bonds. The maximum absolute atomic E-state index is 14.0. The average Bonchev–Trinajstić information content (AvgIpc) is 4.09. The van der Waals surface area contributed by atoms with Gasteiger partial charge in [0, 0.05) is 48.1 Å². The SMILES string of the molecule is COC[C@H]1C[C@@H](c2cc3ccc4cc(-c5ccc6c(c5)OCc5nc([C@@H]7CCCN7C(=O)C(NC(=O)OC)C(C)C)[nH]c5-6)ccc4c3[nH]2)N(C(=O)[C@@H](NC(=O)OC)C(C)C)C1. The summed E-state index contributed by atoms with van der Waals surface area (Å²) in [5, 5.41) is 8.64. The molecule has 3 aliphatic rings. The maximum Gasteiger partial charge on any atom is 0.407 e. The Labute approximate surface area is 354 Å². The number of nitrogens with one attached hydrogen (secondary N) is 4. The lowest BCUT2D eigenvalue weighted by Gasteiger charge is -2.30. The number of hydrogen-bond acceptors (Lipinski definition) is 9. The molecular formula is C46H55N7O8. The van der Waals surface area contributed by atoms with E-state index in [9.17, 15) is 19.2 Å². The first-order chi connectivity index (χ1) is 29.4. The van der Waals surface area contributed by atoms with Crippen LogP contribution in [0.25, 0.3) is 44.1 Å². The summed E-state index contributed by atoms with van der Waals surface area (Å²) in [7, 11) is 4.26. The summed E-state index contributed by atoms with van der Waals surface area (Å²) < 4.78 is 21.4. The van der Waals surface area contributed by atoms with Gasteiger partial charge in [-0.25, -0.2) is 14.6 Å². The minimum atomic E-state index is -0.727. The van der Waals surface area contributed by atoms with Gasteiger partial charge in [0.2, 0.25) is 11.8 Å². The highest BCUT2D eigenvalue weighted by Gasteiger charge is 2.41. The molecule has 322 valence electrons. The molecule has 2 aromatic heterocycles. The zero-order chi connectivity index (χ0) is 43.1. The minimum absolute atomic E-state index is 0.124. The van der Waals surface area contributed by atoms with Crippen LogP contribution in [0.5, 0.6) is 5.75 Å². The van der Waals surface area contributed by atoms with Gasteiger partial charge in [-0.3, -0.25) is 9.59 Å². The van der Waals surface area contributed by atoms with Crippen LogP contribution in [-0.2, 0) is 30.4 Å². The van der Waals surface area contributed by atoms with Gasteiger partial charge in [0.05, 0.1) is 44.1 Å². The minimum Gasteiger partial charge on any atom is -0.486 e. The Morgan fingerprint density at radius 3 is 2.18 bits per heavy atom. The van der Waals surface area contributed by atoms with Gasteiger partial charge in [-0.05, 0) is 71.9 Å². The van der Waals surface area contributed by atoms with Crippen molar-refractivity contribution in [3.8, 4) is 28.1 Å². The Balaban J connectivity index is 1.04. The molecule has 0 spiro atoms. The third-order valence-electron chi connectivity index (χ3n) is 12.4. The monoisotopic (exact) mass is 833 g/mol. The number of rotatable bonds is 11. The Bertz CT molecular complexity index is 2470. The van der Waals surface area contributed by atoms with Crippen molar-refractivity contribution >= 4 is 45.7 Å². The van der Waals surface area contributed by atoms with Crippen LogP contribution in [-0.4, -0.2) is 102 Å². The molecule has 5 aromatic rings. The zero-order valence-electron chi connectivity index (χ0n) is 35.8. The number of fused-ring (bicyclic) bond motifs is 6. The highest BCUT2D eigenvalue weighted by Crippen LogP contribution is 2.43. The number of alkyl carbamates (subject to hydrolysis) is 2. The van der Waals surface area contributed by atoms with Crippen molar-refractivity contribution in [3.63, 3.8) is 0 Å². The van der Waals surface area contributed by atoms with Crippen LogP contribution >= 0.6 is 0 Å². The molecule has 1 unspecified atom stereocenters. The summed E-state index contributed by atoms with van der Waals surface area (Å²) in [6, 6.07) is 17.1. The second-order valence-corrected chi connectivity index (χ2v) is 17.1. The number of aromatic amines is 2. The average molecular weight is 834 g/mol. The Morgan fingerprint density at radius 2 is 1.49 bits per heavy atom. The van der Waals surface area contributed by atoms with E-state index >= 15 is 0 Å². The molecule has 15 heteroatoms. The van der Waals surface area contributed by atoms with E-state index < -0.39 is 24.3 Å². The summed E-state index contributed by atoms with van der Waals surface area (Å²) in [6.45, 7) is 9.55. The van der Waals surface area contributed by atoms with Crippen LogP contribution in [0.2, 0.25) is 0 Å². The normalized spacial score (nSPS) is 19.5. The molecule has 3 aliphatic heterocycles. The van der Waals surface area contributed by atoms with Crippen LogP contribution in [0, 0.1) is 17.8 Å². The first-order valence-corrected chi connectivity index (χ1v) is 21.1. The number of amides is 4. The number of H-pyrrole nitrogens is 2. The number of ether oxygens (including phenoxy) is 4. The molecule has 61 heavy (non-hydrogen) atoms. The van der Waals surface area contributed by atoms with E-state index in [1.807, 2.05) is 37.5 Å². The topological polar surface area (TPSA) is 180 Å². The van der Waals surface area contributed by atoms with Crippen LogP contribution in [0.1, 0.15) is 76.3 Å². The van der Waals surface area contributed by atoms with E-state index in [-0.39, 0.29) is 41.7 Å². The summed E-state index contributed by atoms with van der Waals surface area (Å²) in [5.41, 5.74) is 6.55. The smallest absolute Gasteiger partial charge is 0.407 e. The summed E-state index contributed by atoms with van der Waals surface area (Å²) >= 11 is 0. The number of carbonyl (C=O) groups is 4. The maximum atomic E-state index is 14.0. The van der Waals surface area contributed by atoms with Crippen LogP contribution in [0.4, 0.5) is 9.59 Å². The van der Waals surface area contributed by atoms with Crippen LogP contribution in [0.15, 0.2) is 54.6 Å². The van der Waals surface area contributed by atoms with Crippen molar-refractivity contribution in [1.82, 2.24) is 35.4 Å². The summed E-state index contributed by atoms with van der Waals surface area (Å²) in [5.74, 6) is 1.04. The van der Waals surface area contributed by atoms with Gasteiger partial charge in [-0.2, -0.15) is 0 Å². The number of imidazole rings is 1. The molecule has 5 heterocycles. The van der Waals surface area contributed by atoms with E-state index in [2.05, 4.69) is 75.2 Å². The lowest BCUT2D eigenvalue weighted by atomic mass is 9.97. The Morgan fingerprint density at radius 1 is 0.820 bits per heavy atom. The molecule has 0 aliphatic carbocycles. The fourth-order valence-electron chi connectivity index (χ4n) is 9.29. The predicted molar refractivity (Wildman–Crippen MR) is 230 cm³/mol. The highest BCUT2D eigenvalue weighted by molar-refractivity contribution is 6.07. The third-order valence-corrected chi connectivity index (χ3v) is 12.4. The molecule has 4 N–H and O–H groups in total. The van der Waals surface area contributed by atoms with Gasteiger partial charge in [0.25, 0.3) is 0 Å². The van der Waals surface area contributed by atoms with Crippen molar-refractivity contribution < 1.29 is 38.1 Å². The number of benzene rings is 3. The third kappa shape index (κ3) is 7.98. The van der Waals surface area contributed by atoms with Crippen molar-refractivity contribution in [3.05, 3.63) is 71.8 Å². The molecule has 5 atom stereocenters. The molecule has 0 bridgehead atoms. The standard InChI is InChI=1S/C46H55N7O8/c1-24(2)38(50-45(56)59-6)43(54)52-16-8-9-35(52)42-48-34-23-61-37-20-28(13-15-32(37)41(34)49-42)27-12-14-31-29(18-27)10-11-30-19-33(47-40(30)31)36-17-26(22-58-5)21-53(36)44(55)39(25(3)4)51-46(57)60-7/h10-15,18-20,24-26,35-36,38-39,47H,8-9,16-17,21-23H2,1-7H3,(H,48,49)(H,50,56)(H,51,57)/t26-,35-,36-,38?,39-/m0/s1. The van der Waals surface area contributed by atoms with E-state index in [0.717, 1.165) is 80.5 Å². The van der Waals surface area contributed by atoms with E-state index in [4.69, 9.17) is 23.9 Å². The van der Waals surface area contributed by atoms with E-state index in [0.29, 0.717) is 32.1 Å². The quantitative estimate of drug-likeness (QED) is 0.107. The van der Waals surface area contributed by atoms with Crippen molar-refractivity contribution in [1.29, 1.82) is 0 Å². The lowest BCUT2D eigenvalue weighted by Crippen LogP contribution is -2.51. The van der Waals surface area contributed by atoms with Gasteiger partial charge in [-0.1, -0.05) is 58.0 Å². The van der Waals surface area contributed by atoms with Gasteiger partial charge in [0.15, 0.2) is 0 Å². The van der Waals surface area contributed by atoms with E-state index in [1.165, 1.54) is 14.2 Å². The van der Waals surface area contributed by atoms with Crippen LogP contribution < -0.4 is 15.4 Å². The molecule has 0 saturated carbocycles. The number of methoxy groups -OCH3 is 3. The van der Waals surface area contributed by atoms with Crippen molar-refractivity contribution in [2.24, 2.45) is 17.8 Å². The van der Waals surface area contributed by atoms with Gasteiger partial charge in [0.1, 0.15) is 36.0 Å². The van der Waals surface area contributed by atoms with Gasteiger partial charge >= 0.3 is 12.2 Å². The van der Waals surface area contributed by atoms with Gasteiger partial charge < -0.3 is 49.3 Å². The zero-order valence-corrected chi connectivity index (χ0v) is 35.8.